The molecule has 48 heavy (non-hydrogen) atoms. The number of carbonyl (C=O) groups excluding carboxylic acids is 3. The van der Waals surface area contributed by atoms with Crippen LogP contribution in [-0.4, -0.2) is 88.3 Å². The van der Waals surface area contributed by atoms with E-state index < -0.39 is 34.6 Å². The second kappa shape index (κ2) is 14.8. The van der Waals surface area contributed by atoms with Crippen molar-refractivity contribution in [3.05, 3.63) is 49.6 Å². The maximum absolute atomic E-state index is 15.1. The van der Waals surface area contributed by atoms with Crippen LogP contribution >= 0.6 is 0 Å². The number of amides is 3. The van der Waals surface area contributed by atoms with Crippen molar-refractivity contribution in [1.29, 1.82) is 0 Å². The second-order valence-electron chi connectivity index (χ2n) is 15.8. The highest BCUT2D eigenvalue weighted by Crippen LogP contribution is 2.64. The molecular formula is C39H59N3O6. The Labute approximate surface area is 288 Å². The summed E-state index contributed by atoms with van der Waals surface area (Å²) in [6.07, 6.45) is 8.31. The summed E-state index contributed by atoms with van der Waals surface area (Å²) in [7, 11) is 0. The van der Waals surface area contributed by atoms with Crippen LogP contribution in [0.2, 0.25) is 0 Å². The molecule has 1 spiro atoms. The van der Waals surface area contributed by atoms with Gasteiger partial charge in [-0.3, -0.25) is 14.4 Å². The summed E-state index contributed by atoms with van der Waals surface area (Å²) >= 11 is 0. The topological polar surface area (TPSA) is 99.6 Å². The van der Waals surface area contributed by atoms with Crippen molar-refractivity contribution in [2.45, 2.75) is 116 Å². The molecule has 1 aromatic rings. The number of aliphatic hydroxyl groups is 1. The summed E-state index contributed by atoms with van der Waals surface area (Å²) in [5.74, 6) is -1.39. The van der Waals surface area contributed by atoms with Crippen LogP contribution in [0.1, 0.15) is 93.4 Å². The molecular weight excluding hydrogens is 606 g/mol. The van der Waals surface area contributed by atoms with Gasteiger partial charge in [0.1, 0.15) is 17.4 Å². The number of likely N-dealkylation sites (tertiary alicyclic amines) is 1. The summed E-state index contributed by atoms with van der Waals surface area (Å²) in [5.41, 5.74) is -1.92. The third kappa shape index (κ3) is 7.23. The van der Waals surface area contributed by atoms with Gasteiger partial charge in [0.15, 0.2) is 0 Å². The van der Waals surface area contributed by atoms with Crippen molar-refractivity contribution in [2.75, 3.05) is 37.7 Å². The number of hydrogen-bond donors (Lipinski definition) is 1. The summed E-state index contributed by atoms with van der Waals surface area (Å²) in [6, 6.07) is 6.52. The Bertz CT molecular complexity index is 1340. The first-order chi connectivity index (χ1) is 22.6. The molecule has 3 saturated heterocycles. The van der Waals surface area contributed by atoms with Gasteiger partial charge in [-0.25, -0.2) is 0 Å². The highest BCUT2D eigenvalue weighted by atomic mass is 16.5. The first-order valence-corrected chi connectivity index (χ1v) is 17.8. The fraction of sp³-hybridized carbons (Fsp3) is 0.667. The molecule has 9 heteroatoms. The van der Waals surface area contributed by atoms with Crippen LogP contribution in [0.25, 0.3) is 0 Å². The number of aliphatic hydroxyl groups excluding tert-OH is 1. The lowest BCUT2D eigenvalue weighted by Gasteiger charge is -2.45. The molecule has 0 saturated carbocycles. The number of hydrogen-bond acceptors (Lipinski definition) is 6. The van der Waals surface area contributed by atoms with Crippen molar-refractivity contribution in [3.63, 3.8) is 0 Å². The molecule has 5 atom stereocenters. The number of fused-ring (bicyclic) bond motifs is 1. The van der Waals surface area contributed by atoms with Crippen molar-refractivity contribution in [1.82, 2.24) is 9.80 Å². The molecule has 9 nitrogen and oxygen atoms in total. The Balaban J connectivity index is 1.77. The maximum Gasteiger partial charge on any atom is 0.249 e. The van der Waals surface area contributed by atoms with Crippen molar-refractivity contribution in [2.24, 2.45) is 17.3 Å². The number of unbranched alkanes of at least 4 members (excludes halogenated alkanes) is 3. The number of anilines is 1. The van der Waals surface area contributed by atoms with Crippen LogP contribution < -0.4 is 9.64 Å². The van der Waals surface area contributed by atoms with E-state index in [0.29, 0.717) is 56.8 Å². The van der Waals surface area contributed by atoms with E-state index in [1.54, 1.807) is 22.0 Å². The predicted molar refractivity (Wildman–Crippen MR) is 190 cm³/mol. The van der Waals surface area contributed by atoms with Gasteiger partial charge in [0.05, 0.1) is 24.0 Å². The first-order valence-electron chi connectivity index (χ1n) is 17.8. The fourth-order valence-electron chi connectivity index (χ4n) is 8.88. The van der Waals surface area contributed by atoms with E-state index in [1.165, 1.54) is 0 Å². The normalized spacial score (nSPS) is 26.4. The molecule has 3 fully saturated rings. The fourth-order valence-corrected chi connectivity index (χ4v) is 8.88. The average Bonchev–Trinajstić information content (AvgIpc) is 3.58. The Morgan fingerprint density at radius 2 is 1.67 bits per heavy atom. The zero-order chi connectivity index (χ0) is 35.5. The van der Waals surface area contributed by atoms with Gasteiger partial charge in [-0.15, -0.1) is 13.2 Å². The minimum absolute atomic E-state index is 0.0509. The zero-order valence-corrected chi connectivity index (χ0v) is 30.4. The molecule has 3 amide bonds. The summed E-state index contributed by atoms with van der Waals surface area (Å²) in [5, 5.41) is 9.30. The van der Waals surface area contributed by atoms with Gasteiger partial charge in [0.25, 0.3) is 0 Å². The lowest BCUT2D eigenvalue weighted by atomic mass is 9.65. The van der Waals surface area contributed by atoms with E-state index in [1.807, 2.05) is 43.0 Å². The van der Waals surface area contributed by atoms with Crippen LogP contribution in [0.3, 0.4) is 0 Å². The molecule has 2 unspecified atom stereocenters. The monoisotopic (exact) mass is 665 g/mol. The number of carbonyl (C=O) groups is 3. The molecule has 4 rings (SSSR count). The van der Waals surface area contributed by atoms with Crippen molar-refractivity contribution < 1.29 is 29.0 Å². The highest BCUT2D eigenvalue weighted by molar-refractivity contribution is 6.03. The Morgan fingerprint density at radius 3 is 2.25 bits per heavy atom. The third-order valence-corrected chi connectivity index (χ3v) is 10.4. The minimum Gasteiger partial charge on any atom is -0.494 e. The number of benzene rings is 1. The van der Waals surface area contributed by atoms with E-state index in [2.05, 4.69) is 47.8 Å². The van der Waals surface area contributed by atoms with E-state index in [0.717, 1.165) is 19.3 Å². The van der Waals surface area contributed by atoms with Gasteiger partial charge < -0.3 is 29.3 Å². The summed E-state index contributed by atoms with van der Waals surface area (Å²) < 4.78 is 12.6. The molecule has 3 heterocycles. The van der Waals surface area contributed by atoms with Gasteiger partial charge >= 0.3 is 0 Å². The van der Waals surface area contributed by atoms with E-state index in [-0.39, 0.29) is 36.3 Å². The van der Waals surface area contributed by atoms with Crippen LogP contribution in [0, 0.1) is 17.3 Å². The van der Waals surface area contributed by atoms with Gasteiger partial charge in [0, 0.05) is 37.5 Å². The lowest BCUT2D eigenvalue weighted by molar-refractivity contribution is -0.155. The smallest absolute Gasteiger partial charge is 0.249 e. The standard InChI is InChI=1S/C39H59N3O6/c1-10-23-40(28-17-19-29(20-18-28)47-12-3)33(44)30-31-34(45)41(25-15-13-14-16-26-43)32(39(31)22-21-38(30,9)48-39)35(46)42(24-11-2)37(7,8)27-36(4,5)6/h10-11,17-20,30-32,43H,1-2,12-16,21-27H2,3-9H3/t30-,31+,32?,38+,39?/m1/s1. The van der Waals surface area contributed by atoms with Gasteiger partial charge in [-0.2, -0.15) is 0 Å². The van der Waals surface area contributed by atoms with Crippen LogP contribution in [0.15, 0.2) is 49.6 Å². The first kappa shape index (κ1) is 37.6. The molecule has 3 aliphatic heterocycles. The lowest BCUT2D eigenvalue weighted by Crippen LogP contribution is -2.61. The predicted octanol–water partition coefficient (Wildman–Crippen LogP) is 6.15. The molecule has 2 bridgehead atoms. The van der Waals surface area contributed by atoms with E-state index in [4.69, 9.17) is 9.47 Å². The van der Waals surface area contributed by atoms with Crippen LogP contribution in [0.4, 0.5) is 5.69 Å². The molecule has 266 valence electrons. The molecule has 0 radical (unpaired) electrons. The minimum atomic E-state index is -1.12. The average molecular weight is 666 g/mol. The Morgan fingerprint density at radius 1 is 1.02 bits per heavy atom. The van der Waals surface area contributed by atoms with Crippen LogP contribution in [0.5, 0.6) is 5.75 Å². The van der Waals surface area contributed by atoms with Crippen LogP contribution in [-0.2, 0) is 19.1 Å². The largest absolute Gasteiger partial charge is 0.494 e. The SMILES string of the molecule is C=CCN(C(=O)[C@H]1[C@H]2C(=O)N(CCCCCCO)C(C(=O)N(CC=C)C(C)(C)CC(C)(C)C)C23CC[C@]1(C)O3)c1ccc(OCC)cc1. The van der Waals surface area contributed by atoms with E-state index in [9.17, 15) is 14.7 Å². The summed E-state index contributed by atoms with van der Waals surface area (Å²) in [4.78, 5) is 49.9. The Hall–Kier alpha value is -3.17. The van der Waals surface area contributed by atoms with Gasteiger partial charge in [-0.1, -0.05) is 45.8 Å². The molecule has 0 aromatic heterocycles. The molecule has 0 aliphatic carbocycles. The van der Waals surface area contributed by atoms with Gasteiger partial charge in [0.2, 0.25) is 17.7 Å². The van der Waals surface area contributed by atoms with E-state index >= 15 is 4.79 Å². The van der Waals surface area contributed by atoms with Crippen molar-refractivity contribution >= 4 is 23.4 Å². The number of nitrogens with zero attached hydrogens (tertiary/aromatic N) is 3. The molecule has 1 N–H and O–H groups in total. The van der Waals surface area contributed by atoms with Gasteiger partial charge in [-0.05, 0) is 89.5 Å². The molecule has 1 aromatic carbocycles. The van der Waals surface area contributed by atoms with Crippen molar-refractivity contribution in [3.8, 4) is 5.75 Å². The second-order valence-corrected chi connectivity index (χ2v) is 15.8. The number of ether oxygens (including phenoxy) is 2. The Kier molecular flexibility index (Phi) is 11.6. The molecule has 3 aliphatic rings. The maximum atomic E-state index is 15.1. The zero-order valence-electron chi connectivity index (χ0n) is 30.4. The summed E-state index contributed by atoms with van der Waals surface area (Å²) in [6.45, 7) is 24.0. The quantitative estimate of drug-likeness (QED) is 0.158. The number of rotatable bonds is 17. The third-order valence-electron chi connectivity index (χ3n) is 10.4. The highest BCUT2D eigenvalue weighted by Gasteiger charge is 2.78.